The van der Waals surface area contributed by atoms with Gasteiger partial charge in [-0.3, -0.25) is 4.79 Å². The summed E-state index contributed by atoms with van der Waals surface area (Å²) in [6.45, 7) is 4.64. The van der Waals surface area contributed by atoms with Crippen LogP contribution in [0.3, 0.4) is 0 Å². The molecule has 0 bridgehead atoms. The van der Waals surface area contributed by atoms with E-state index in [0.29, 0.717) is 12.4 Å². The molecule has 0 radical (unpaired) electrons. The van der Waals surface area contributed by atoms with Crippen LogP contribution in [0.25, 0.3) is 5.69 Å². The van der Waals surface area contributed by atoms with Crippen molar-refractivity contribution < 1.29 is 24.2 Å². The summed E-state index contributed by atoms with van der Waals surface area (Å²) in [4.78, 5) is 26.1. The normalized spacial score (nSPS) is 19.2. The van der Waals surface area contributed by atoms with Crippen LogP contribution in [-0.4, -0.2) is 64.1 Å². The van der Waals surface area contributed by atoms with E-state index in [1.54, 1.807) is 10.9 Å². The maximum absolute atomic E-state index is 13.2. The average Bonchev–Trinajstić information content (AvgIpc) is 3.31. The Kier molecular flexibility index (Phi) is 5.99. The van der Waals surface area contributed by atoms with Gasteiger partial charge in [-0.05, 0) is 18.1 Å². The number of carboxylic acids is 1. The molecule has 8 heteroatoms. The first-order chi connectivity index (χ1) is 13.4. The highest BCUT2D eigenvalue weighted by atomic mass is 16.5. The van der Waals surface area contributed by atoms with Gasteiger partial charge in [0, 0.05) is 20.1 Å². The van der Waals surface area contributed by atoms with Gasteiger partial charge >= 0.3 is 5.97 Å². The van der Waals surface area contributed by atoms with Crippen molar-refractivity contribution in [2.45, 2.75) is 32.4 Å². The minimum Gasteiger partial charge on any atom is -0.489 e. The molecule has 0 spiro atoms. The van der Waals surface area contributed by atoms with Crippen molar-refractivity contribution in [1.29, 1.82) is 0 Å². The second-order valence-corrected chi connectivity index (χ2v) is 7.23. The molecule has 2 heterocycles. The van der Waals surface area contributed by atoms with Gasteiger partial charge in [-0.1, -0.05) is 32.0 Å². The lowest BCUT2D eigenvalue weighted by molar-refractivity contribution is -0.141. The van der Waals surface area contributed by atoms with E-state index in [1.807, 2.05) is 44.2 Å². The summed E-state index contributed by atoms with van der Waals surface area (Å²) in [5, 5.41) is 13.9. The Hall–Kier alpha value is -2.87. The van der Waals surface area contributed by atoms with E-state index >= 15 is 0 Å². The summed E-state index contributed by atoms with van der Waals surface area (Å²) >= 11 is 0. The van der Waals surface area contributed by atoms with Crippen molar-refractivity contribution in [3.8, 4) is 11.4 Å². The molecule has 1 N–H and O–H groups in total. The third-order valence-corrected chi connectivity index (χ3v) is 4.62. The largest absolute Gasteiger partial charge is 0.489 e. The first-order valence-electron chi connectivity index (χ1n) is 9.25. The van der Waals surface area contributed by atoms with Gasteiger partial charge in [0.15, 0.2) is 11.4 Å². The molecule has 1 aromatic carbocycles. The second kappa shape index (κ2) is 8.43. The van der Waals surface area contributed by atoms with Gasteiger partial charge in [0.1, 0.15) is 6.04 Å². The molecular weight excluding hydrogens is 362 g/mol. The fourth-order valence-corrected chi connectivity index (χ4v) is 3.14. The van der Waals surface area contributed by atoms with Crippen LogP contribution >= 0.6 is 0 Å². The molecule has 1 aromatic heterocycles. The van der Waals surface area contributed by atoms with E-state index in [-0.39, 0.29) is 30.7 Å². The van der Waals surface area contributed by atoms with E-state index in [0.717, 1.165) is 5.69 Å². The van der Waals surface area contributed by atoms with Crippen molar-refractivity contribution >= 4 is 11.9 Å². The Bertz CT molecular complexity index is 834. The van der Waals surface area contributed by atoms with Gasteiger partial charge in [0.25, 0.3) is 5.91 Å². The number of carboxylic acid groups (broad SMARTS) is 1. The molecule has 2 atom stereocenters. The van der Waals surface area contributed by atoms with Crippen LogP contribution in [0.2, 0.25) is 0 Å². The zero-order valence-corrected chi connectivity index (χ0v) is 16.2. The number of benzene rings is 1. The summed E-state index contributed by atoms with van der Waals surface area (Å²) in [6, 6.07) is 8.42. The van der Waals surface area contributed by atoms with E-state index < -0.39 is 17.9 Å². The molecule has 3 rings (SSSR count). The van der Waals surface area contributed by atoms with Crippen LogP contribution in [0, 0.1) is 5.92 Å². The topological polar surface area (TPSA) is 93.9 Å². The third-order valence-electron chi connectivity index (χ3n) is 4.62. The van der Waals surface area contributed by atoms with E-state index in [9.17, 15) is 14.7 Å². The van der Waals surface area contributed by atoms with E-state index in [2.05, 4.69) is 5.10 Å². The van der Waals surface area contributed by atoms with Gasteiger partial charge in [0.05, 0.1) is 24.6 Å². The van der Waals surface area contributed by atoms with Crippen molar-refractivity contribution in [1.82, 2.24) is 14.7 Å². The predicted octanol–water partition coefficient (Wildman–Crippen LogP) is 2.22. The van der Waals surface area contributed by atoms with Crippen LogP contribution in [0.4, 0.5) is 0 Å². The predicted molar refractivity (Wildman–Crippen MR) is 102 cm³/mol. The number of methoxy groups -OCH3 is 1. The minimum atomic E-state index is -1.06. The molecular formula is C20H25N3O5. The molecule has 150 valence electrons. The standard InChI is InChI=1S/C20H25N3O5/c1-13(2)12-28-17-11-23(14-7-5-4-6-8-14)21-18(17)19(24)22-10-15(27-3)9-16(22)20(25)26/h4-8,11,13,15-16H,9-10,12H2,1-3H3,(H,25,26). The summed E-state index contributed by atoms with van der Waals surface area (Å²) in [5.41, 5.74) is 0.884. The number of carbonyl (C=O) groups excluding carboxylic acids is 1. The zero-order chi connectivity index (χ0) is 20.3. The molecule has 1 aliphatic rings. The van der Waals surface area contributed by atoms with Crippen molar-refractivity contribution in [3.63, 3.8) is 0 Å². The Morgan fingerprint density at radius 1 is 1.29 bits per heavy atom. The number of ether oxygens (including phenoxy) is 2. The zero-order valence-electron chi connectivity index (χ0n) is 16.2. The first-order valence-corrected chi connectivity index (χ1v) is 9.25. The highest BCUT2D eigenvalue weighted by Crippen LogP contribution is 2.27. The first kappa shape index (κ1) is 19.9. The molecule has 1 aliphatic heterocycles. The van der Waals surface area contributed by atoms with Crippen LogP contribution in [0.15, 0.2) is 36.5 Å². The van der Waals surface area contributed by atoms with Crippen LogP contribution in [-0.2, 0) is 9.53 Å². The highest BCUT2D eigenvalue weighted by molar-refractivity contribution is 5.97. The van der Waals surface area contributed by atoms with Crippen molar-refractivity contribution in [2.75, 3.05) is 20.3 Å². The van der Waals surface area contributed by atoms with Gasteiger partial charge in [-0.2, -0.15) is 5.10 Å². The van der Waals surface area contributed by atoms with Crippen molar-refractivity contribution in [3.05, 3.63) is 42.2 Å². The number of carbonyl (C=O) groups is 2. The summed E-state index contributed by atoms with van der Waals surface area (Å²) < 4.78 is 12.7. The molecule has 1 saturated heterocycles. The van der Waals surface area contributed by atoms with Gasteiger partial charge in [-0.15, -0.1) is 0 Å². The lowest BCUT2D eigenvalue weighted by Gasteiger charge is -2.20. The molecule has 0 aliphatic carbocycles. The monoisotopic (exact) mass is 387 g/mol. The number of para-hydroxylation sites is 1. The number of rotatable bonds is 7. The van der Waals surface area contributed by atoms with Crippen molar-refractivity contribution in [2.24, 2.45) is 5.92 Å². The number of likely N-dealkylation sites (tertiary alicyclic amines) is 1. The van der Waals surface area contributed by atoms with Gasteiger partial charge < -0.3 is 19.5 Å². The second-order valence-electron chi connectivity index (χ2n) is 7.23. The Morgan fingerprint density at radius 3 is 2.61 bits per heavy atom. The number of hydrogen-bond acceptors (Lipinski definition) is 5. The fourth-order valence-electron chi connectivity index (χ4n) is 3.14. The molecule has 1 amide bonds. The number of hydrogen-bond donors (Lipinski definition) is 1. The van der Waals surface area contributed by atoms with Gasteiger partial charge in [0.2, 0.25) is 0 Å². The van der Waals surface area contributed by atoms with E-state index in [1.165, 1.54) is 12.0 Å². The maximum Gasteiger partial charge on any atom is 0.326 e. The number of aromatic nitrogens is 2. The highest BCUT2D eigenvalue weighted by Gasteiger charge is 2.41. The fraction of sp³-hybridized carbons (Fsp3) is 0.450. The quantitative estimate of drug-likeness (QED) is 0.783. The molecule has 2 unspecified atom stereocenters. The SMILES string of the molecule is COC1CC(C(=O)O)N(C(=O)c2nn(-c3ccccc3)cc2OCC(C)C)C1. The Labute approximate surface area is 163 Å². The van der Waals surface area contributed by atoms with Gasteiger partial charge in [-0.25, -0.2) is 9.48 Å². The lowest BCUT2D eigenvalue weighted by atomic mass is 10.2. The third kappa shape index (κ3) is 4.17. The molecule has 1 fully saturated rings. The Balaban J connectivity index is 1.95. The van der Waals surface area contributed by atoms with Crippen LogP contribution < -0.4 is 4.74 Å². The smallest absolute Gasteiger partial charge is 0.326 e. The number of aliphatic carboxylic acids is 1. The summed E-state index contributed by atoms with van der Waals surface area (Å²) in [6.07, 6.45) is 1.59. The van der Waals surface area contributed by atoms with E-state index in [4.69, 9.17) is 9.47 Å². The minimum absolute atomic E-state index is 0.104. The summed E-state index contributed by atoms with van der Waals surface area (Å²) in [7, 11) is 1.51. The molecule has 0 saturated carbocycles. The molecule has 8 nitrogen and oxygen atoms in total. The number of nitrogens with zero attached hydrogens (tertiary/aromatic N) is 3. The molecule has 28 heavy (non-hydrogen) atoms. The average molecular weight is 387 g/mol. The maximum atomic E-state index is 13.2. The number of amides is 1. The summed E-state index contributed by atoms with van der Waals surface area (Å²) in [5.74, 6) is -0.924. The lowest BCUT2D eigenvalue weighted by Crippen LogP contribution is -2.41. The Morgan fingerprint density at radius 2 is 2.00 bits per heavy atom. The molecule has 2 aromatic rings. The van der Waals surface area contributed by atoms with Crippen LogP contribution in [0.1, 0.15) is 30.8 Å². The van der Waals surface area contributed by atoms with Crippen LogP contribution in [0.5, 0.6) is 5.75 Å².